The van der Waals surface area contributed by atoms with Crippen molar-refractivity contribution in [3.63, 3.8) is 0 Å². The molecule has 1 N–H and O–H groups in total. The first-order chi connectivity index (χ1) is 15.5. The van der Waals surface area contributed by atoms with Crippen LogP contribution in [0.3, 0.4) is 0 Å². The average Bonchev–Trinajstić information content (AvgIpc) is 2.84. The fraction of sp³-hybridized carbons (Fsp3) is 0.167. The van der Waals surface area contributed by atoms with E-state index in [0.29, 0.717) is 18.9 Å². The number of nitrogens with zero attached hydrogens (tertiary/aromatic N) is 2. The quantitative estimate of drug-likeness (QED) is 0.581. The Kier molecular flexibility index (Phi) is 6.63. The molecule has 164 valence electrons. The second-order valence-electron chi connectivity index (χ2n) is 7.23. The molecule has 1 aromatic heterocycles. The largest absolute Gasteiger partial charge is 0.378 e. The molecule has 4 rings (SSSR count). The first-order valence-corrected chi connectivity index (χ1v) is 11.7. The molecule has 1 aliphatic rings. The van der Waals surface area contributed by atoms with Gasteiger partial charge in [-0.3, -0.25) is 9.78 Å². The van der Waals surface area contributed by atoms with Crippen molar-refractivity contribution < 1.29 is 17.9 Å². The van der Waals surface area contributed by atoms with Crippen LogP contribution in [0.1, 0.15) is 5.56 Å². The highest BCUT2D eigenvalue weighted by atomic mass is 32.2. The Bertz CT molecular complexity index is 1200. The lowest BCUT2D eigenvalue weighted by atomic mass is 10.2. The Labute approximate surface area is 187 Å². The van der Waals surface area contributed by atoms with Crippen LogP contribution < -0.4 is 10.2 Å². The summed E-state index contributed by atoms with van der Waals surface area (Å²) in [6.07, 6.45) is 6.37. The van der Waals surface area contributed by atoms with Gasteiger partial charge in [-0.2, -0.15) is 0 Å². The minimum absolute atomic E-state index is 0.167. The van der Waals surface area contributed by atoms with Crippen molar-refractivity contribution in [1.29, 1.82) is 0 Å². The van der Waals surface area contributed by atoms with Crippen molar-refractivity contribution in [2.45, 2.75) is 9.79 Å². The SMILES string of the molecule is O=C(/C=C/c1cccnc1)Nc1ccc(S(=O)(=O)c2cccc(N3CCOCC3)c2)cc1. The Balaban J connectivity index is 1.46. The molecule has 0 unspecified atom stereocenters. The number of amides is 1. The van der Waals surface area contributed by atoms with Gasteiger partial charge in [0.05, 0.1) is 23.0 Å². The molecule has 1 aliphatic heterocycles. The van der Waals surface area contributed by atoms with Gasteiger partial charge in [0.1, 0.15) is 0 Å². The van der Waals surface area contributed by atoms with E-state index in [4.69, 9.17) is 4.74 Å². The summed E-state index contributed by atoms with van der Waals surface area (Å²) in [7, 11) is -3.68. The molecule has 1 amide bonds. The molecule has 0 aliphatic carbocycles. The Hall–Kier alpha value is -3.49. The number of carbonyl (C=O) groups is 1. The molecule has 1 saturated heterocycles. The van der Waals surface area contributed by atoms with Crippen molar-refractivity contribution >= 4 is 33.2 Å². The summed E-state index contributed by atoms with van der Waals surface area (Å²) in [6, 6.07) is 16.7. The summed E-state index contributed by atoms with van der Waals surface area (Å²) in [4.78, 5) is 18.6. The number of rotatable bonds is 6. The molecule has 0 radical (unpaired) electrons. The molecule has 2 aromatic carbocycles. The highest BCUT2D eigenvalue weighted by Gasteiger charge is 2.20. The maximum absolute atomic E-state index is 13.1. The molecule has 0 saturated carbocycles. The summed E-state index contributed by atoms with van der Waals surface area (Å²) in [5, 5.41) is 2.72. The molecule has 8 heteroatoms. The number of ether oxygens (including phenoxy) is 1. The number of benzene rings is 2. The topological polar surface area (TPSA) is 88.6 Å². The third-order valence-corrected chi connectivity index (χ3v) is 6.82. The predicted molar refractivity (Wildman–Crippen MR) is 123 cm³/mol. The molecule has 2 heterocycles. The number of pyridine rings is 1. The van der Waals surface area contributed by atoms with Gasteiger partial charge in [0.2, 0.25) is 15.7 Å². The van der Waals surface area contributed by atoms with Crippen LogP contribution in [0.15, 0.2) is 88.9 Å². The number of carbonyl (C=O) groups excluding carboxylic acids is 1. The highest BCUT2D eigenvalue weighted by Crippen LogP contribution is 2.26. The van der Waals surface area contributed by atoms with Crippen molar-refractivity contribution in [1.82, 2.24) is 4.98 Å². The Morgan fingerprint density at radius 1 is 1.00 bits per heavy atom. The zero-order valence-corrected chi connectivity index (χ0v) is 18.2. The predicted octanol–water partition coefficient (Wildman–Crippen LogP) is 3.40. The number of hydrogen-bond donors (Lipinski definition) is 1. The van der Waals surface area contributed by atoms with Gasteiger partial charge >= 0.3 is 0 Å². The third-order valence-electron chi connectivity index (χ3n) is 5.05. The first kappa shape index (κ1) is 21.7. The lowest BCUT2D eigenvalue weighted by Crippen LogP contribution is -2.36. The van der Waals surface area contributed by atoms with E-state index in [0.717, 1.165) is 24.3 Å². The second-order valence-corrected chi connectivity index (χ2v) is 9.18. The molecule has 3 aromatic rings. The van der Waals surface area contributed by atoms with Crippen LogP contribution in [0, 0.1) is 0 Å². The van der Waals surface area contributed by atoms with Crippen molar-refractivity contribution in [2.75, 3.05) is 36.5 Å². The van der Waals surface area contributed by atoms with Crippen molar-refractivity contribution in [3.8, 4) is 0 Å². The summed E-state index contributed by atoms with van der Waals surface area (Å²) < 4.78 is 31.6. The summed E-state index contributed by atoms with van der Waals surface area (Å²) >= 11 is 0. The fourth-order valence-corrected chi connectivity index (χ4v) is 4.65. The van der Waals surface area contributed by atoms with Crippen LogP contribution in [-0.4, -0.2) is 45.6 Å². The van der Waals surface area contributed by atoms with Crippen molar-refractivity contribution in [2.24, 2.45) is 0 Å². The zero-order valence-electron chi connectivity index (χ0n) is 17.3. The lowest BCUT2D eigenvalue weighted by molar-refractivity contribution is -0.111. The molecule has 0 atom stereocenters. The Morgan fingerprint density at radius 3 is 2.50 bits per heavy atom. The number of anilines is 2. The number of hydrogen-bond acceptors (Lipinski definition) is 6. The molecular weight excluding hydrogens is 426 g/mol. The minimum Gasteiger partial charge on any atom is -0.378 e. The molecule has 1 fully saturated rings. The van der Waals surface area contributed by atoms with E-state index in [1.165, 1.54) is 18.2 Å². The van der Waals surface area contributed by atoms with Gasteiger partial charge in [-0.1, -0.05) is 12.1 Å². The van der Waals surface area contributed by atoms with Crippen LogP contribution >= 0.6 is 0 Å². The maximum Gasteiger partial charge on any atom is 0.248 e. The normalized spacial score (nSPS) is 14.4. The van der Waals surface area contributed by atoms with Gasteiger partial charge in [0.25, 0.3) is 0 Å². The zero-order chi connectivity index (χ0) is 22.4. The molecule has 7 nitrogen and oxygen atoms in total. The summed E-state index contributed by atoms with van der Waals surface area (Å²) in [6.45, 7) is 2.71. The van der Waals surface area contributed by atoms with E-state index in [1.54, 1.807) is 54.9 Å². The van der Waals surface area contributed by atoms with Gasteiger partial charge in [0, 0.05) is 42.9 Å². The van der Waals surface area contributed by atoms with Gasteiger partial charge in [-0.25, -0.2) is 8.42 Å². The van der Waals surface area contributed by atoms with E-state index < -0.39 is 9.84 Å². The average molecular weight is 450 g/mol. The van der Waals surface area contributed by atoms with E-state index >= 15 is 0 Å². The molecule has 0 spiro atoms. The third kappa shape index (κ3) is 5.22. The van der Waals surface area contributed by atoms with E-state index in [1.807, 2.05) is 12.1 Å². The van der Waals surface area contributed by atoms with Crippen LogP contribution in [0.2, 0.25) is 0 Å². The van der Waals surface area contributed by atoms with E-state index in [2.05, 4.69) is 15.2 Å². The first-order valence-electron chi connectivity index (χ1n) is 10.2. The number of aromatic nitrogens is 1. The number of morpholine rings is 1. The number of sulfone groups is 1. The monoisotopic (exact) mass is 449 g/mol. The van der Waals surface area contributed by atoms with Crippen LogP contribution in [0.5, 0.6) is 0 Å². The fourth-order valence-electron chi connectivity index (χ4n) is 3.35. The van der Waals surface area contributed by atoms with Crippen molar-refractivity contribution in [3.05, 3.63) is 84.7 Å². The standard InChI is InChI=1S/C24H23N3O4S/c28-24(11-6-19-3-2-12-25-18-19)26-20-7-9-22(10-8-20)32(29,30)23-5-1-4-21(17-23)27-13-15-31-16-14-27/h1-12,17-18H,13-16H2,(H,26,28)/b11-6+. The van der Waals surface area contributed by atoms with Crippen LogP contribution in [-0.2, 0) is 19.4 Å². The Morgan fingerprint density at radius 2 is 1.78 bits per heavy atom. The van der Waals surface area contributed by atoms with Gasteiger partial charge < -0.3 is 15.0 Å². The van der Waals surface area contributed by atoms with E-state index in [9.17, 15) is 13.2 Å². The van der Waals surface area contributed by atoms with E-state index in [-0.39, 0.29) is 15.7 Å². The molecular formula is C24H23N3O4S. The second kappa shape index (κ2) is 9.76. The molecule has 0 bridgehead atoms. The molecule has 32 heavy (non-hydrogen) atoms. The van der Waals surface area contributed by atoms with Gasteiger partial charge in [-0.05, 0) is 60.2 Å². The smallest absolute Gasteiger partial charge is 0.248 e. The summed E-state index contributed by atoms with van der Waals surface area (Å²) in [5.41, 5.74) is 2.17. The highest BCUT2D eigenvalue weighted by molar-refractivity contribution is 7.91. The van der Waals surface area contributed by atoms with Crippen LogP contribution in [0.4, 0.5) is 11.4 Å². The van der Waals surface area contributed by atoms with Crippen LogP contribution in [0.25, 0.3) is 6.08 Å². The van der Waals surface area contributed by atoms with Gasteiger partial charge in [-0.15, -0.1) is 0 Å². The summed E-state index contributed by atoms with van der Waals surface area (Å²) in [5.74, 6) is -0.317. The lowest BCUT2D eigenvalue weighted by Gasteiger charge is -2.29. The van der Waals surface area contributed by atoms with Gasteiger partial charge in [0.15, 0.2) is 0 Å². The maximum atomic E-state index is 13.1. The number of nitrogens with one attached hydrogen (secondary N) is 1. The minimum atomic E-state index is -3.68.